The van der Waals surface area contributed by atoms with Crippen LogP contribution in [0.2, 0.25) is 0 Å². The summed E-state index contributed by atoms with van der Waals surface area (Å²) in [5, 5.41) is 12.7. The van der Waals surface area contributed by atoms with E-state index in [1.165, 1.54) is 25.0 Å². The number of benzene rings is 2. The second-order valence-electron chi connectivity index (χ2n) is 10.2. The zero-order chi connectivity index (χ0) is 28.7. The highest BCUT2D eigenvalue weighted by molar-refractivity contribution is 5.94. The lowest BCUT2D eigenvalue weighted by atomic mass is 9.87. The molecule has 1 aromatic heterocycles. The maximum atomic E-state index is 13.6. The van der Waals surface area contributed by atoms with Crippen molar-refractivity contribution in [1.29, 1.82) is 0 Å². The highest BCUT2D eigenvalue weighted by Gasteiger charge is 2.19. The molecular formula is C30H40FN7O3. The maximum absolute atomic E-state index is 13.6. The van der Waals surface area contributed by atoms with Gasteiger partial charge in [0.1, 0.15) is 5.82 Å². The summed E-state index contributed by atoms with van der Waals surface area (Å²) in [4.78, 5) is 25.6. The standard InChI is InChI=1S/C30H40FN7O3/c1-22-10-12-26(13-11-22)35-30-37-28(36-29(38-30)34-21-23-6-5-9-25(31)20-23)33-15-17-41-19-18-40-16-14-32-27(39)24-7-3-2-4-8-24/h2-9,20,22,26H,10-19,21H2,1H3,(H,32,39)(H3,33,34,35,36,37,38). The molecule has 4 rings (SSSR count). The summed E-state index contributed by atoms with van der Waals surface area (Å²) in [7, 11) is 0. The fourth-order valence-corrected chi connectivity index (χ4v) is 4.50. The molecule has 0 bridgehead atoms. The molecule has 41 heavy (non-hydrogen) atoms. The van der Waals surface area contributed by atoms with Crippen LogP contribution in [-0.2, 0) is 16.0 Å². The smallest absolute Gasteiger partial charge is 0.251 e. The molecule has 1 heterocycles. The molecular weight excluding hydrogens is 525 g/mol. The number of anilines is 3. The number of nitrogens with zero attached hydrogens (tertiary/aromatic N) is 3. The van der Waals surface area contributed by atoms with Gasteiger partial charge in [-0.2, -0.15) is 15.0 Å². The number of amides is 1. The van der Waals surface area contributed by atoms with Gasteiger partial charge in [-0.25, -0.2) is 4.39 Å². The molecule has 4 N–H and O–H groups in total. The van der Waals surface area contributed by atoms with E-state index in [-0.39, 0.29) is 11.7 Å². The Bertz CT molecular complexity index is 1210. The van der Waals surface area contributed by atoms with E-state index in [0.717, 1.165) is 24.3 Å². The molecule has 10 nitrogen and oxygen atoms in total. The lowest BCUT2D eigenvalue weighted by Gasteiger charge is -2.27. The number of nitrogens with one attached hydrogen (secondary N) is 4. The summed E-state index contributed by atoms with van der Waals surface area (Å²) < 4.78 is 24.8. The minimum Gasteiger partial charge on any atom is -0.377 e. The largest absolute Gasteiger partial charge is 0.377 e. The molecule has 1 amide bonds. The van der Waals surface area contributed by atoms with Crippen molar-refractivity contribution in [3.8, 4) is 0 Å². The third kappa shape index (κ3) is 10.9. The van der Waals surface area contributed by atoms with Gasteiger partial charge >= 0.3 is 0 Å². The number of halogens is 1. The molecule has 0 radical (unpaired) electrons. The van der Waals surface area contributed by atoms with Crippen LogP contribution in [0.15, 0.2) is 54.6 Å². The molecule has 0 unspecified atom stereocenters. The predicted octanol–water partition coefficient (Wildman–Crippen LogP) is 4.49. The Hall–Kier alpha value is -3.83. The van der Waals surface area contributed by atoms with Gasteiger partial charge in [-0.05, 0) is 61.4 Å². The van der Waals surface area contributed by atoms with Crippen LogP contribution in [0.4, 0.5) is 22.2 Å². The van der Waals surface area contributed by atoms with Crippen LogP contribution < -0.4 is 21.3 Å². The molecule has 2 aromatic carbocycles. The maximum Gasteiger partial charge on any atom is 0.251 e. The fraction of sp³-hybridized carbons (Fsp3) is 0.467. The first-order valence-electron chi connectivity index (χ1n) is 14.3. The van der Waals surface area contributed by atoms with Crippen LogP contribution in [0.25, 0.3) is 0 Å². The highest BCUT2D eigenvalue weighted by Crippen LogP contribution is 2.25. The number of ether oxygens (including phenoxy) is 2. The van der Waals surface area contributed by atoms with Crippen LogP contribution in [0, 0.1) is 11.7 Å². The SMILES string of the molecule is CC1CCC(Nc2nc(NCCOCCOCCNC(=O)c3ccccc3)nc(NCc3cccc(F)c3)n2)CC1. The van der Waals surface area contributed by atoms with Gasteiger partial charge in [-0.3, -0.25) is 4.79 Å². The molecule has 1 aliphatic rings. The van der Waals surface area contributed by atoms with E-state index < -0.39 is 0 Å². The van der Waals surface area contributed by atoms with Gasteiger partial charge in [-0.15, -0.1) is 0 Å². The lowest BCUT2D eigenvalue weighted by Crippen LogP contribution is -2.27. The Labute approximate surface area is 240 Å². The lowest BCUT2D eigenvalue weighted by molar-refractivity contribution is 0.0519. The molecule has 0 atom stereocenters. The van der Waals surface area contributed by atoms with Gasteiger partial charge in [-0.1, -0.05) is 37.3 Å². The second-order valence-corrected chi connectivity index (χ2v) is 10.2. The van der Waals surface area contributed by atoms with Crippen molar-refractivity contribution in [2.24, 2.45) is 5.92 Å². The molecule has 0 spiro atoms. The van der Waals surface area contributed by atoms with Crippen LogP contribution in [0.5, 0.6) is 0 Å². The van der Waals surface area contributed by atoms with Crippen LogP contribution in [-0.4, -0.2) is 66.4 Å². The first-order chi connectivity index (χ1) is 20.0. The third-order valence-corrected chi connectivity index (χ3v) is 6.79. The van der Waals surface area contributed by atoms with Crippen molar-refractivity contribution in [1.82, 2.24) is 20.3 Å². The normalized spacial score (nSPS) is 16.6. The van der Waals surface area contributed by atoms with Gasteiger partial charge in [0, 0.05) is 31.2 Å². The predicted molar refractivity (Wildman–Crippen MR) is 157 cm³/mol. The average Bonchev–Trinajstić information content (AvgIpc) is 2.98. The summed E-state index contributed by atoms with van der Waals surface area (Å²) >= 11 is 0. The molecule has 1 saturated carbocycles. The molecule has 11 heteroatoms. The van der Waals surface area contributed by atoms with E-state index in [2.05, 4.69) is 43.1 Å². The van der Waals surface area contributed by atoms with E-state index in [1.54, 1.807) is 18.2 Å². The Kier molecular flexibility index (Phi) is 12.1. The quantitative estimate of drug-likeness (QED) is 0.186. The summed E-state index contributed by atoms with van der Waals surface area (Å²) in [5.41, 5.74) is 1.42. The van der Waals surface area contributed by atoms with Crippen LogP contribution in [0.1, 0.15) is 48.5 Å². The van der Waals surface area contributed by atoms with Gasteiger partial charge in [0.15, 0.2) is 0 Å². The Balaban J connectivity index is 1.17. The molecule has 0 aliphatic heterocycles. The first-order valence-corrected chi connectivity index (χ1v) is 14.3. The highest BCUT2D eigenvalue weighted by atomic mass is 19.1. The number of aromatic nitrogens is 3. The monoisotopic (exact) mass is 565 g/mol. The van der Waals surface area contributed by atoms with E-state index in [9.17, 15) is 9.18 Å². The average molecular weight is 566 g/mol. The molecule has 1 aliphatic carbocycles. The van der Waals surface area contributed by atoms with Gasteiger partial charge in [0.25, 0.3) is 5.91 Å². The van der Waals surface area contributed by atoms with Crippen molar-refractivity contribution in [2.75, 3.05) is 55.5 Å². The second kappa shape index (κ2) is 16.4. The van der Waals surface area contributed by atoms with E-state index >= 15 is 0 Å². The number of rotatable bonds is 16. The molecule has 220 valence electrons. The zero-order valence-corrected chi connectivity index (χ0v) is 23.6. The van der Waals surface area contributed by atoms with E-state index in [4.69, 9.17) is 9.47 Å². The van der Waals surface area contributed by atoms with E-state index in [0.29, 0.717) is 75.5 Å². The number of hydrogen-bond donors (Lipinski definition) is 4. The molecule has 1 fully saturated rings. The van der Waals surface area contributed by atoms with Crippen molar-refractivity contribution >= 4 is 23.8 Å². The Morgan fingerprint density at radius 2 is 1.51 bits per heavy atom. The van der Waals surface area contributed by atoms with Crippen LogP contribution >= 0.6 is 0 Å². The first kappa shape index (κ1) is 30.1. The number of hydrogen-bond acceptors (Lipinski definition) is 9. The van der Waals surface area contributed by atoms with E-state index in [1.807, 2.05) is 24.3 Å². The molecule has 0 saturated heterocycles. The van der Waals surface area contributed by atoms with Gasteiger partial charge in [0.05, 0.1) is 26.4 Å². The number of carbonyl (C=O) groups is 1. The minimum atomic E-state index is -0.281. The zero-order valence-electron chi connectivity index (χ0n) is 23.6. The third-order valence-electron chi connectivity index (χ3n) is 6.79. The van der Waals surface area contributed by atoms with Crippen molar-refractivity contribution < 1.29 is 18.7 Å². The Morgan fingerprint density at radius 3 is 2.24 bits per heavy atom. The van der Waals surface area contributed by atoms with Crippen molar-refractivity contribution in [2.45, 2.75) is 45.2 Å². The molecule has 3 aromatic rings. The van der Waals surface area contributed by atoms with Gasteiger partial charge in [0.2, 0.25) is 17.8 Å². The fourth-order valence-electron chi connectivity index (χ4n) is 4.50. The minimum absolute atomic E-state index is 0.117. The summed E-state index contributed by atoms with van der Waals surface area (Å²) in [6.45, 7) is 5.31. The number of carbonyl (C=O) groups excluding carboxylic acids is 1. The van der Waals surface area contributed by atoms with Gasteiger partial charge < -0.3 is 30.7 Å². The topological polar surface area (TPSA) is 122 Å². The summed E-state index contributed by atoms with van der Waals surface area (Å²) in [5.74, 6) is 1.70. The van der Waals surface area contributed by atoms with Crippen LogP contribution in [0.3, 0.4) is 0 Å². The van der Waals surface area contributed by atoms with Crippen molar-refractivity contribution in [3.63, 3.8) is 0 Å². The van der Waals surface area contributed by atoms with Crippen molar-refractivity contribution in [3.05, 3.63) is 71.5 Å². The Morgan fingerprint density at radius 1 is 0.829 bits per heavy atom. The summed E-state index contributed by atoms with van der Waals surface area (Å²) in [6.07, 6.45) is 4.53. The summed E-state index contributed by atoms with van der Waals surface area (Å²) in [6, 6.07) is 15.8.